The average Bonchev–Trinajstić information content (AvgIpc) is 3.35. The van der Waals surface area contributed by atoms with Gasteiger partial charge in [-0.05, 0) is 49.5 Å². The third-order valence-corrected chi connectivity index (χ3v) is 7.99. The average molecular weight is 456 g/mol. The van der Waals surface area contributed by atoms with Crippen molar-refractivity contribution in [3.63, 3.8) is 0 Å². The highest BCUT2D eigenvalue weighted by Gasteiger charge is 2.48. The zero-order chi connectivity index (χ0) is 22.7. The van der Waals surface area contributed by atoms with Crippen LogP contribution >= 0.6 is 11.6 Å². The fourth-order valence-corrected chi connectivity index (χ4v) is 6.37. The van der Waals surface area contributed by atoms with Crippen molar-refractivity contribution in [3.05, 3.63) is 34.9 Å². The summed E-state index contributed by atoms with van der Waals surface area (Å²) >= 11 is 6.58. The molecule has 2 aliphatic heterocycles. The number of amides is 2. The summed E-state index contributed by atoms with van der Waals surface area (Å²) in [6, 6.07) is 1.91. The quantitative estimate of drug-likeness (QED) is 0.736. The molecule has 1 saturated carbocycles. The van der Waals surface area contributed by atoms with Gasteiger partial charge in [0.05, 0.1) is 28.2 Å². The Balaban J connectivity index is 1.50. The molecule has 2 fully saturated rings. The van der Waals surface area contributed by atoms with Crippen LogP contribution in [0.2, 0.25) is 5.02 Å². The number of hydrogen-bond donors (Lipinski definition) is 2. The molecule has 2 amide bonds. The smallest absolute Gasteiger partial charge is 0.226 e. The number of hydrogen-bond acceptors (Lipinski definition) is 4. The van der Waals surface area contributed by atoms with E-state index in [0.717, 1.165) is 55.5 Å². The van der Waals surface area contributed by atoms with E-state index < -0.39 is 11.8 Å². The maximum atomic E-state index is 12.7. The molecule has 2 aromatic heterocycles. The molecule has 1 aliphatic carbocycles. The summed E-state index contributed by atoms with van der Waals surface area (Å²) in [6.07, 6.45) is 8.53. The minimum atomic E-state index is -0.545. The van der Waals surface area contributed by atoms with Gasteiger partial charge in [0.2, 0.25) is 11.8 Å². The van der Waals surface area contributed by atoms with Gasteiger partial charge in [0, 0.05) is 36.1 Å². The number of halogens is 1. The number of rotatable bonds is 4. The van der Waals surface area contributed by atoms with Crippen LogP contribution < -0.4 is 11.1 Å². The van der Waals surface area contributed by atoms with Gasteiger partial charge in [-0.1, -0.05) is 31.9 Å². The monoisotopic (exact) mass is 455 g/mol. The number of nitrogens with one attached hydrogen (secondary N) is 1. The van der Waals surface area contributed by atoms with Crippen molar-refractivity contribution in [3.8, 4) is 11.1 Å². The summed E-state index contributed by atoms with van der Waals surface area (Å²) in [7, 11) is 0. The molecule has 32 heavy (non-hydrogen) atoms. The van der Waals surface area contributed by atoms with Crippen molar-refractivity contribution in [2.75, 3.05) is 6.54 Å². The summed E-state index contributed by atoms with van der Waals surface area (Å²) in [5.41, 5.74) is 9.32. The number of carbonyl (C=O) groups excluding carboxylic acids is 2. The van der Waals surface area contributed by atoms with Gasteiger partial charge in [0.15, 0.2) is 0 Å². The fourth-order valence-electron chi connectivity index (χ4n) is 6.17. The topological polar surface area (TPSA) is 103 Å². The summed E-state index contributed by atoms with van der Waals surface area (Å²) in [5, 5.41) is 8.08. The number of aromatic nitrogens is 3. The molecule has 3 aliphatic rings. The lowest BCUT2D eigenvalue weighted by molar-refractivity contribution is -0.131. The van der Waals surface area contributed by atoms with E-state index in [-0.39, 0.29) is 22.7 Å². The van der Waals surface area contributed by atoms with Crippen molar-refractivity contribution in [2.45, 2.75) is 64.8 Å². The molecule has 5 rings (SSSR count). The molecule has 4 heterocycles. The number of carbonyl (C=O) groups is 2. The van der Waals surface area contributed by atoms with Crippen molar-refractivity contribution < 1.29 is 9.59 Å². The van der Waals surface area contributed by atoms with Gasteiger partial charge in [0.25, 0.3) is 0 Å². The molecule has 0 aromatic carbocycles. The minimum absolute atomic E-state index is 0.0107. The third kappa shape index (κ3) is 3.51. The molecule has 170 valence electrons. The Morgan fingerprint density at radius 3 is 2.84 bits per heavy atom. The second kappa shape index (κ2) is 7.58. The first-order valence-corrected chi connectivity index (χ1v) is 11.9. The first-order valence-electron chi connectivity index (χ1n) is 11.5. The lowest BCUT2D eigenvalue weighted by atomic mass is 9.64. The van der Waals surface area contributed by atoms with Gasteiger partial charge in [0.1, 0.15) is 0 Å². The fraction of sp³-hybridized carbons (Fsp3) is 0.583. The second-order valence-electron chi connectivity index (χ2n) is 10.6. The molecule has 1 unspecified atom stereocenters. The standard InChI is InChI=1S/C24H30ClN5O2/c1-23(2)10-19-16(11-29-30(19)13-23)15-8-18(28-12-17(15)25)20(21(26)31)14-4-3-5-24(9-14)6-7-27-22(24)32/h8,11-12,14,20H,3-7,9-10,13H2,1-2H3,(H2,26,31)(H,27,32)/t14-,20?,24-/m0/s1. The Morgan fingerprint density at radius 1 is 1.31 bits per heavy atom. The number of primary amides is 1. The molecule has 2 aromatic rings. The molecule has 1 spiro atoms. The van der Waals surface area contributed by atoms with Crippen molar-refractivity contribution in [2.24, 2.45) is 22.5 Å². The summed E-state index contributed by atoms with van der Waals surface area (Å²) in [4.78, 5) is 29.8. The zero-order valence-corrected chi connectivity index (χ0v) is 19.4. The van der Waals surface area contributed by atoms with Crippen LogP contribution in [0.1, 0.15) is 63.3 Å². The largest absolute Gasteiger partial charge is 0.369 e. The summed E-state index contributed by atoms with van der Waals surface area (Å²) < 4.78 is 2.04. The van der Waals surface area contributed by atoms with Crippen LogP contribution in [0.25, 0.3) is 11.1 Å². The van der Waals surface area contributed by atoms with E-state index in [9.17, 15) is 9.59 Å². The van der Waals surface area contributed by atoms with Crippen LogP contribution in [0, 0.1) is 16.7 Å². The molecule has 1 saturated heterocycles. The highest BCUT2D eigenvalue weighted by molar-refractivity contribution is 6.33. The van der Waals surface area contributed by atoms with Gasteiger partial charge in [-0.3, -0.25) is 19.3 Å². The molecule has 3 N–H and O–H groups in total. The first kappa shape index (κ1) is 21.4. The molecule has 3 atom stereocenters. The Bertz CT molecular complexity index is 1090. The number of pyridine rings is 1. The first-order chi connectivity index (χ1) is 15.2. The van der Waals surface area contributed by atoms with E-state index in [1.807, 2.05) is 16.9 Å². The Hall–Kier alpha value is -2.41. The molecule has 8 heteroatoms. The van der Waals surface area contributed by atoms with Crippen LogP contribution in [0.15, 0.2) is 18.5 Å². The third-order valence-electron chi connectivity index (χ3n) is 7.69. The Labute approximate surface area is 193 Å². The number of nitrogens with two attached hydrogens (primary N) is 1. The van der Waals surface area contributed by atoms with Gasteiger partial charge in [-0.15, -0.1) is 0 Å². The highest BCUT2D eigenvalue weighted by atomic mass is 35.5. The van der Waals surface area contributed by atoms with E-state index in [0.29, 0.717) is 23.7 Å². The summed E-state index contributed by atoms with van der Waals surface area (Å²) in [5.74, 6) is -0.832. The Kier molecular flexibility index (Phi) is 5.08. The number of fused-ring (bicyclic) bond motifs is 1. The number of nitrogens with zero attached hydrogens (tertiary/aromatic N) is 3. The molecule has 7 nitrogen and oxygen atoms in total. The second-order valence-corrected chi connectivity index (χ2v) is 11.0. The molecular weight excluding hydrogens is 426 g/mol. The van der Waals surface area contributed by atoms with Gasteiger partial charge in [-0.25, -0.2) is 0 Å². The van der Waals surface area contributed by atoms with E-state index in [1.165, 1.54) is 0 Å². The van der Waals surface area contributed by atoms with Gasteiger partial charge >= 0.3 is 0 Å². The van der Waals surface area contributed by atoms with Crippen LogP contribution in [-0.4, -0.2) is 33.1 Å². The summed E-state index contributed by atoms with van der Waals surface area (Å²) in [6.45, 7) is 6.03. The molecule has 0 radical (unpaired) electrons. The van der Waals surface area contributed by atoms with E-state index in [4.69, 9.17) is 17.3 Å². The zero-order valence-electron chi connectivity index (χ0n) is 18.7. The van der Waals surface area contributed by atoms with E-state index in [2.05, 4.69) is 29.2 Å². The highest BCUT2D eigenvalue weighted by Crippen LogP contribution is 2.49. The van der Waals surface area contributed by atoms with E-state index >= 15 is 0 Å². The van der Waals surface area contributed by atoms with Crippen LogP contribution in [0.5, 0.6) is 0 Å². The van der Waals surface area contributed by atoms with E-state index in [1.54, 1.807) is 6.20 Å². The SMILES string of the molecule is CC1(C)Cc2c(-c3cc(C(C(N)=O)[C@H]4CCC[C@]5(CCNC5=O)C4)ncc3Cl)cnn2C1. The van der Waals surface area contributed by atoms with Crippen LogP contribution in [0.3, 0.4) is 0 Å². The normalized spacial score (nSPS) is 27.3. The lowest BCUT2D eigenvalue weighted by Gasteiger charge is -2.38. The Morgan fingerprint density at radius 2 is 2.12 bits per heavy atom. The van der Waals surface area contributed by atoms with Crippen molar-refractivity contribution in [1.82, 2.24) is 20.1 Å². The van der Waals surface area contributed by atoms with Crippen molar-refractivity contribution in [1.29, 1.82) is 0 Å². The van der Waals surface area contributed by atoms with Gasteiger partial charge < -0.3 is 11.1 Å². The predicted molar refractivity (Wildman–Crippen MR) is 122 cm³/mol. The predicted octanol–water partition coefficient (Wildman–Crippen LogP) is 3.45. The van der Waals surface area contributed by atoms with Gasteiger partial charge in [-0.2, -0.15) is 5.10 Å². The van der Waals surface area contributed by atoms with Crippen LogP contribution in [0.4, 0.5) is 0 Å². The molecule has 0 bridgehead atoms. The maximum absolute atomic E-state index is 12.7. The van der Waals surface area contributed by atoms with Crippen LogP contribution in [-0.2, 0) is 22.6 Å². The maximum Gasteiger partial charge on any atom is 0.226 e. The minimum Gasteiger partial charge on any atom is -0.369 e. The lowest BCUT2D eigenvalue weighted by Crippen LogP contribution is -2.40. The van der Waals surface area contributed by atoms with Crippen molar-refractivity contribution >= 4 is 23.4 Å². The molecular formula is C24H30ClN5O2.